The van der Waals surface area contributed by atoms with Crippen LogP contribution in [0.2, 0.25) is 0 Å². The average molecular weight is 563 g/mol. The van der Waals surface area contributed by atoms with E-state index >= 15 is 0 Å². The zero-order chi connectivity index (χ0) is 28.9. The number of rotatable bonds is 10. The largest absolute Gasteiger partial charge is 0.508 e. The fraction of sp³-hybridized carbons (Fsp3) is 0.452. The van der Waals surface area contributed by atoms with Gasteiger partial charge in [0, 0.05) is 68.5 Å². The number of fused-ring (bicyclic) bond motifs is 2. The van der Waals surface area contributed by atoms with Crippen LogP contribution in [0.4, 0.5) is 15.9 Å². The maximum Gasteiger partial charge on any atom is 0.318 e. The number of phenolic OH excluding ortho intramolecular Hbond substituents is 1. The van der Waals surface area contributed by atoms with Crippen molar-refractivity contribution >= 4 is 28.2 Å². The van der Waals surface area contributed by atoms with Crippen LogP contribution in [-0.4, -0.2) is 95.9 Å². The molecule has 0 radical (unpaired) electrons. The molecule has 0 unspecified atom stereocenters. The summed E-state index contributed by atoms with van der Waals surface area (Å²) in [5.74, 6) is 1.02. The van der Waals surface area contributed by atoms with E-state index in [4.69, 9.17) is 14.7 Å². The Bertz CT molecular complexity index is 1390. The minimum absolute atomic E-state index is 0.0598. The number of alkyl halides is 1. The van der Waals surface area contributed by atoms with Crippen molar-refractivity contribution in [2.24, 2.45) is 0 Å². The maximum absolute atomic E-state index is 13.6. The van der Waals surface area contributed by atoms with Gasteiger partial charge in [-0.3, -0.25) is 9.69 Å². The van der Waals surface area contributed by atoms with E-state index in [1.165, 1.54) is 6.08 Å². The van der Waals surface area contributed by atoms with Crippen LogP contribution in [0.1, 0.15) is 25.1 Å². The van der Waals surface area contributed by atoms with E-state index in [1.807, 2.05) is 36.1 Å². The number of carbonyl (C=O) groups excluding carboxylic acids is 1. The van der Waals surface area contributed by atoms with E-state index in [0.29, 0.717) is 58.4 Å². The van der Waals surface area contributed by atoms with Crippen molar-refractivity contribution in [2.75, 3.05) is 68.8 Å². The molecule has 10 heteroatoms. The highest BCUT2D eigenvalue weighted by Gasteiger charge is 2.29. The Balaban J connectivity index is 1.42. The van der Waals surface area contributed by atoms with Gasteiger partial charge in [-0.1, -0.05) is 37.8 Å². The standard InChI is InChI=1S/C31H39FN6O3/c1-4-29(40)36-12-14-37(15-13-36)30-26-10-11-38(28-19-24(39)18-23-8-6-7-9-25(23)28)21-27(26)33-31(34-30)41-17-16-35(5-2)20-22(3)32/h4,6-9,18-19,22,39H,1,5,10-17,20-21H2,2-3H3/t22-/m0/s1. The number of nitrogens with zero attached hydrogens (tertiary/aromatic N) is 6. The van der Waals surface area contributed by atoms with Crippen molar-refractivity contribution in [1.82, 2.24) is 19.8 Å². The normalized spacial score (nSPS) is 16.1. The van der Waals surface area contributed by atoms with Gasteiger partial charge in [-0.25, -0.2) is 4.39 Å². The molecular formula is C31H39FN6O3. The van der Waals surface area contributed by atoms with Crippen molar-refractivity contribution in [3.05, 3.63) is 60.3 Å². The second-order valence-electron chi connectivity index (χ2n) is 10.7. The zero-order valence-electron chi connectivity index (χ0n) is 23.9. The fourth-order valence-electron chi connectivity index (χ4n) is 5.72. The molecule has 1 N–H and O–H groups in total. The van der Waals surface area contributed by atoms with Gasteiger partial charge in [0.2, 0.25) is 5.91 Å². The third-order valence-electron chi connectivity index (χ3n) is 7.85. The van der Waals surface area contributed by atoms with E-state index in [2.05, 4.69) is 22.4 Å². The van der Waals surface area contributed by atoms with Crippen molar-refractivity contribution in [3.8, 4) is 11.8 Å². The average Bonchev–Trinajstić information content (AvgIpc) is 2.98. The van der Waals surface area contributed by atoms with Crippen LogP contribution in [0.15, 0.2) is 49.1 Å². The van der Waals surface area contributed by atoms with Crippen LogP contribution < -0.4 is 14.5 Å². The molecule has 5 rings (SSSR count). The molecule has 1 amide bonds. The Labute approximate surface area is 240 Å². The van der Waals surface area contributed by atoms with Crippen LogP contribution in [-0.2, 0) is 17.8 Å². The number of likely N-dealkylation sites (N-methyl/N-ethyl adjacent to an activating group) is 1. The number of hydrogen-bond acceptors (Lipinski definition) is 8. The molecule has 9 nitrogen and oxygen atoms in total. The molecule has 0 saturated carbocycles. The number of ether oxygens (including phenoxy) is 1. The predicted molar refractivity (Wildman–Crippen MR) is 160 cm³/mol. The topological polar surface area (TPSA) is 85.3 Å². The molecule has 41 heavy (non-hydrogen) atoms. The van der Waals surface area contributed by atoms with Gasteiger partial charge in [-0.2, -0.15) is 9.97 Å². The number of carbonyl (C=O) groups is 1. The molecule has 3 heterocycles. The summed E-state index contributed by atoms with van der Waals surface area (Å²) in [6, 6.07) is 11.9. The number of hydrogen-bond donors (Lipinski definition) is 1. The Morgan fingerprint density at radius 1 is 1.17 bits per heavy atom. The minimum Gasteiger partial charge on any atom is -0.508 e. The Kier molecular flexibility index (Phi) is 8.87. The number of benzene rings is 2. The summed E-state index contributed by atoms with van der Waals surface area (Å²) in [5, 5.41) is 12.5. The number of aromatic nitrogens is 2. The van der Waals surface area contributed by atoms with Crippen molar-refractivity contribution in [3.63, 3.8) is 0 Å². The first-order valence-electron chi connectivity index (χ1n) is 14.4. The highest BCUT2D eigenvalue weighted by Crippen LogP contribution is 2.36. The summed E-state index contributed by atoms with van der Waals surface area (Å²) < 4.78 is 19.6. The number of amides is 1. The van der Waals surface area contributed by atoms with Crippen LogP contribution in [0.3, 0.4) is 0 Å². The number of anilines is 2. The third kappa shape index (κ3) is 6.53. The molecule has 0 spiro atoms. The molecule has 1 fully saturated rings. The molecular weight excluding hydrogens is 523 g/mol. The lowest BCUT2D eigenvalue weighted by Gasteiger charge is -2.38. The predicted octanol–water partition coefficient (Wildman–Crippen LogP) is 3.79. The Morgan fingerprint density at radius 2 is 1.95 bits per heavy atom. The monoisotopic (exact) mass is 562 g/mol. The molecule has 0 aliphatic carbocycles. The van der Waals surface area contributed by atoms with E-state index in [9.17, 15) is 14.3 Å². The first-order valence-corrected chi connectivity index (χ1v) is 14.4. The number of phenols is 1. The Hall–Kier alpha value is -3.92. The maximum atomic E-state index is 13.6. The van der Waals surface area contributed by atoms with Crippen LogP contribution in [0.5, 0.6) is 11.8 Å². The van der Waals surface area contributed by atoms with Gasteiger partial charge in [-0.05, 0) is 37.4 Å². The zero-order valence-corrected chi connectivity index (χ0v) is 23.9. The number of aromatic hydroxyl groups is 1. The number of halogens is 1. The summed E-state index contributed by atoms with van der Waals surface area (Å²) in [6.07, 6.45) is 1.18. The first kappa shape index (κ1) is 28.6. The van der Waals surface area contributed by atoms with E-state index in [0.717, 1.165) is 53.0 Å². The van der Waals surface area contributed by atoms with Crippen LogP contribution in [0, 0.1) is 0 Å². The lowest BCUT2D eigenvalue weighted by molar-refractivity contribution is -0.126. The summed E-state index contributed by atoms with van der Waals surface area (Å²) in [6.45, 7) is 13.0. The summed E-state index contributed by atoms with van der Waals surface area (Å²) in [5.41, 5.74) is 2.94. The molecule has 1 saturated heterocycles. The van der Waals surface area contributed by atoms with E-state index in [1.54, 1.807) is 17.9 Å². The van der Waals surface area contributed by atoms with Crippen molar-refractivity contribution < 1.29 is 19.0 Å². The van der Waals surface area contributed by atoms with Gasteiger partial charge < -0.3 is 24.5 Å². The third-order valence-corrected chi connectivity index (χ3v) is 7.85. The van der Waals surface area contributed by atoms with Crippen LogP contribution in [0.25, 0.3) is 10.8 Å². The lowest BCUT2D eigenvalue weighted by Crippen LogP contribution is -2.49. The minimum atomic E-state index is -0.910. The Morgan fingerprint density at radius 3 is 2.68 bits per heavy atom. The molecule has 1 aromatic heterocycles. The first-order chi connectivity index (χ1) is 19.9. The second kappa shape index (κ2) is 12.7. The highest BCUT2D eigenvalue weighted by atomic mass is 19.1. The van der Waals surface area contributed by atoms with Gasteiger partial charge in [0.1, 0.15) is 24.3 Å². The van der Waals surface area contributed by atoms with Gasteiger partial charge in [0.25, 0.3) is 0 Å². The summed E-state index contributed by atoms with van der Waals surface area (Å²) in [7, 11) is 0. The molecule has 218 valence electrons. The lowest BCUT2D eigenvalue weighted by atomic mass is 10.0. The van der Waals surface area contributed by atoms with E-state index in [-0.39, 0.29) is 11.7 Å². The molecule has 2 aromatic carbocycles. The number of piperazine rings is 1. The second-order valence-corrected chi connectivity index (χ2v) is 10.7. The smallest absolute Gasteiger partial charge is 0.318 e. The summed E-state index contributed by atoms with van der Waals surface area (Å²) >= 11 is 0. The fourth-order valence-corrected chi connectivity index (χ4v) is 5.72. The van der Waals surface area contributed by atoms with Gasteiger partial charge in [0.05, 0.1) is 12.2 Å². The van der Waals surface area contributed by atoms with Crippen molar-refractivity contribution in [1.29, 1.82) is 0 Å². The van der Waals surface area contributed by atoms with Crippen LogP contribution >= 0.6 is 0 Å². The van der Waals surface area contributed by atoms with E-state index < -0.39 is 6.17 Å². The van der Waals surface area contributed by atoms with Crippen molar-refractivity contribution in [2.45, 2.75) is 33.0 Å². The molecule has 3 aromatic rings. The SMILES string of the molecule is C=CC(=O)N1CCN(c2nc(OCCN(CC)C[C@H](C)F)nc3c2CCN(c2cc(O)cc4ccccc24)C3)CC1. The quantitative estimate of drug-likeness (QED) is 0.374. The molecule has 2 aliphatic heterocycles. The highest BCUT2D eigenvalue weighted by molar-refractivity contribution is 5.95. The summed E-state index contributed by atoms with van der Waals surface area (Å²) in [4.78, 5) is 30.1. The van der Waals surface area contributed by atoms with Gasteiger partial charge in [-0.15, -0.1) is 0 Å². The molecule has 2 aliphatic rings. The van der Waals surface area contributed by atoms with Gasteiger partial charge >= 0.3 is 6.01 Å². The molecule has 0 bridgehead atoms. The molecule has 1 atom stereocenters. The van der Waals surface area contributed by atoms with Gasteiger partial charge in [0.15, 0.2) is 0 Å².